The van der Waals surface area contributed by atoms with Crippen LogP contribution < -0.4 is 14.9 Å². The van der Waals surface area contributed by atoms with Crippen molar-refractivity contribution in [2.45, 2.75) is 75.7 Å². The number of hydrogen-bond acceptors (Lipinski definition) is 8. The Kier molecular flexibility index (Phi) is 11.0. The van der Waals surface area contributed by atoms with Gasteiger partial charge in [-0.15, -0.1) is 0 Å². The normalized spacial score (nSPS) is 13.6. The van der Waals surface area contributed by atoms with Crippen molar-refractivity contribution < 1.29 is 17.9 Å². The van der Waals surface area contributed by atoms with Crippen molar-refractivity contribution in [2.24, 2.45) is 0 Å². The number of nitrogens with one attached hydrogen (secondary N) is 2. The van der Waals surface area contributed by atoms with Crippen molar-refractivity contribution in [1.29, 1.82) is 0 Å². The molecule has 0 aliphatic carbocycles. The molecule has 44 heavy (non-hydrogen) atoms. The molecule has 0 radical (unpaired) electrons. The zero-order valence-electron chi connectivity index (χ0n) is 25.4. The largest absolute Gasteiger partial charge is 0.428 e. The number of rotatable bonds is 17. The highest BCUT2D eigenvalue weighted by molar-refractivity contribution is 7.92. The Morgan fingerprint density at radius 1 is 1.00 bits per heavy atom. The molecule has 9 nitrogen and oxygen atoms in total. The van der Waals surface area contributed by atoms with Crippen molar-refractivity contribution in [3.05, 3.63) is 95.6 Å². The number of aliphatic hydroxyl groups excluding tert-OH is 1. The minimum atomic E-state index is -3.75. The number of fused-ring (bicyclic) bond motifs is 1. The smallest absolute Gasteiger partial charge is 0.302 e. The van der Waals surface area contributed by atoms with E-state index in [4.69, 9.17) is 4.42 Å². The van der Waals surface area contributed by atoms with Crippen LogP contribution in [0.25, 0.3) is 0 Å². The van der Waals surface area contributed by atoms with E-state index >= 15 is 0 Å². The molecule has 1 aliphatic heterocycles. The second kappa shape index (κ2) is 15.3. The van der Waals surface area contributed by atoms with E-state index in [1.165, 1.54) is 32.1 Å². The van der Waals surface area contributed by atoms with Crippen LogP contribution in [0.5, 0.6) is 0 Å². The predicted octanol–water partition coefficient (Wildman–Crippen LogP) is 6.33. The van der Waals surface area contributed by atoms with Crippen molar-refractivity contribution >= 4 is 27.4 Å². The number of aromatic nitrogens is 2. The fraction of sp³-hybridized carbons (Fsp3) is 0.412. The third-order valence-electron chi connectivity index (χ3n) is 8.01. The number of unbranched alkanes of at least 4 members (excludes halogenated alkanes) is 5. The van der Waals surface area contributed by atoms with Crippen LogP contribution in [0.3, 0.4) is 0 Å². The average molecular weight is 618 g/mol. The maximum absolute atomic E-state index is 13.2. The molecule has 2 aromatic heterocycles. The number of nitrogens with zero attached hydrogens (tertiary/aromatic N) is 3. The van der Waals surface area contributed by atoms with Crippen molar-refractivity contribution in [1.82, 2.24) is 15.3 Å². The number of oxazole rings is 1. The molecule has 2 aromatic carbocycles. The van der Waals surface area contributed by atoms with Crippen LogP contribution in [-0.2, 0) is 29.3 Å². The Hall–Kier alpha value is -3.73. The molecule has 3 heterocycles. The molecule has 0 saturated heterocycles. The highest BCUT2D eigenvalue weighted by atomic mass is 32.2. The van der Waals surface area contributed by atoms with Gasteiger partial charge in [0, 0.05) is 48.8 Å². The molecule has 0 saturated carbocycles. The number of anilines is 3. The summed E-state index contributed by atoms with van der Waals surface area (Å²) >= 11 is 0. The summed E-state index contributed by atoms with van der Waals surface area (Å²) in [7, 11) is -3.75. The van der Waals surface area contributed by atoms with Crippen LogP contribution in [0.4, 0.5) is 17.4 Å². The van der Waals surface area contributed by atoms with Crippen LogP contribution in [0.15, 0.2) is 82.5 Å². The number of aliphatic hydroxyl groups is 1. The van der Waals surface area contributed by atoms with Gasteiger partial charge in [0.1, 0.15) is 5.76 Å². The minimum absolute atomic E-state index is 0.231. The molecule has 3 N–H and O–H groups in total. The molecule has 5 rings (SSSR count). The maximum Gasteiger partial charge on any atom is 0.302 e. The van der Waals surface area contributed by atoms with Gasteiger partial charge >= 0.3 is 6.01 Å². The first kappa shape index (κ1) is 31.7. The van der Waals surface area contributed by atoms with Crippen LogP contribution in [0.2, 0.25) is 0 Å². The van der Waals surface area contributed by atoms with Crippen LogP contribution >= 0.6 is 0 Å². The molecule has 0 amide bonds. The summed E-state index contributed by atoms with van der Waals surface area (Å²) in [5.74, 6) is 0.897. The molecule has 0 spiro atoms. The van der Waals surface area contributed by atoms with E-state index in [0.29, 0.717) is 31.3 Å². The zero-order chi connectivity index (χ0) is 30.8. The first-order chi connectivity index (χ1) is 21.4. The van der Waals surface area contributed by atoms with Crippen LogP contribution in [0.1, 0.15) is 74.0 Å². The third kappa shape index (κ3) is 8.46. The summed E-state index contributed by atoms with van der Waals surface area (Å²) in [6, 6.07) is 16.8. The summed E-state index contributed by atoms with van der Waals surface area (Å²) < 4.78 is 35.2. The van der Waals surface area contributed by atoms with Gasteiger partial charge in [-0.05, 0) is 73.3 Å². The quantitative estimate of drug-likeness (QED) is 0.118. The molecule has 1 unspecified atom stereocenters. The van der Waals surface area contributed by atoms with Crippen molar-refractivity contribution in [3.63, 3.8) is 0 Å². The summed E-state index contributed by atoms with van der Waals surface area (Å²) in [4.78, 5) is 10.8. The number of pyridine rings is 1. The molecule has 10 heteroatoms. The van der Waals surface area contributed by atoms with Crippen LogP contribution in [-0.4, -0.2) is 43.1 Å². The number of sulfonamides is 1. The molecule has 4 aromatic rings. The average Bonchev–Trinajstić information content (AvgIpc) is 3.69. The molecular weight excluding hydrogens is 574 g/mol. The standard InChI is InChI=1S/C34H43N5O4S/c1-2-3-4-5-6-7-10-30-24-37-34(43-30)39-21-18-27-22-31(15-16-32(27)39)44(41,42)38-29-13-11-26(12-14-29)17-20-36-25-33(40)28-9-8-19-35-23-28/h8-9,11-16,19,22-24,33,36,38,40H,2-7,10,17-18,20-21,25H2,1H3. The summed E-state index contributed by atoms with van der Waals surface area (Å²) in [6.45, 7) is 4.04. The first-order valence-electron chi connectivity index (χ1n) is 15.7. The molecule has 1 atom stereocenters. The van der Waals surface area contributed by atoms with Gasteiger partial charge in [-0.25, -0.2) is 13.4 Å². The van der Waals surface area contributed by atoms with E-state index < -0.39 is 16.1 Å². The molecule has 0 fully saturated rings. The van der Waals surface area contributed by atoms with Gasteiger partial charge in [-0.1, -0.05) is 57.2 Å². The summed E-state index contributed by atoms with van der Waals surface area (Å²) in [6.07, 6.45) is 14.3. The van der Waals surface area contributed by atoms with Crippen molar-refractivity contribution in [2.75, 3.05) is 29.3 Å². The Morgan fingerprint density at radius 3 is 2.61 bits per heavy atom. The van der Waals surface area contributed by atoms with Gasteiger partial charge in [-0.3, -0.25) is 14.6 Å². The lowest BCUT2D eigenvalue weighted by atomic mass is 10.1. The van der Waals surface area contributed by atoms with Crippen molar-refractivity contribution in [3.8, 4) is 0 Å². The second-order valence-electron chi connectivity index (χ2n) is 11.4. The fourth-order valence-corrected chi connectivity index (χ4v) is 6.59. The Balaban J connectivity index is 1.11. The summed E-state index contributed by atoms with van der Waals surface area (Å²) in [5.41, 5.74) is 4.24. The van der Waals surface area contributed by atoms with E-state index in [-0.39, 0.29) is 4.90 Å². The van der Waals surface area contributed by atoms with Gasteiger partial charge in [0.2, 0.25) is 0 Å². The minimum Gasteiger partial charge on any atom is -0.428 e. The number of benzene rings is 2. The Morgan fingerprint density at radius 2 is 1.82 bits per heavy atom. The molecular formula is C34H43N5O4S. The highest BCUT2D eigenvalue weighted by Gasteiger charge is 2.26. The number of aryl methyl sites for hydroxylation is 1. The lowest BCUT2D eigenvalue weighted by molar-refractivity contribution is 0.174. The monoisotopic (exact) mass is 617 g/mol. The lowest BCUT2D eigenvalue weighted by Gasteiger charge is -2.15. The SMILES string of the molecule is CCCCCCCCc1cnc(N2CCc3cc(S(=O)(=O)Nc4ccc(CCNCC(O)c5cccnc5)cc4)ccc32)o1. The Bertz CT molecular complexity index is 1570. The second-order valence-corrected chi connectivity index (χ2v) is 13.1. The summed E-state index contributed by atoms with van der Waals surface area (Å²) in [5, 5.41) is 13.5. The van der Waals surface area contributed by atoms with Gasteiger partial charge < -0.3 is 14.8 Å². The Labute approximate surface area is 260 Å². The number of hydrogen-bond donors (Lipinski definition) is 3. The highest BCUT2D eigenvalue weighted by Crippen LogP contribution is 2.36. The topological polar surface area (TPSA) is 121 Å². The fourth-order valence-electron chi connectivity index (χ4n) is 5.48. The van der Waals surface area contributed by atoms with Crippen LogP contribution in [0, 0.1) is 0 Å². The van der Waals surface area contributed by atoms with E-state index in [2.05, 4.69) is 26.9 Å². The van der Waals surface area contributed by atoms with Gasteiger partial charge in [-0.2, -0.15) is 0 Å². The van der Waals surface area contributed by atoms with Gasteiger partial charge in [0.15, 0.2) is 0 Å². The first-order valence-corrected chi connectivity index (χ1v) is 17.2. The third-order valence-corrected chi connectivity index (χ3v) is 9.39. The van der Waals surface area contributed by atoms with Gasteiger partial charge in [0.25, 0.3) is 10.0 Å². The van der Waals surface area contributed by atoms with E-state index in [9.17, 15) is 13.5 Å². The lowest BCUT2D eigenvalue weighted by Crippen LogP contribution is -2.23. The maximum atomic E-state index is 13.2. The molecule has 1 aliphatic rings. The van der Waals surface area contributed by atoms with E-state index in [0.717, 1.165) is 53.8 Å². The molecule has 234 valence electrons. The predicted molar refractivity (Wildman–Crippen MR) is 174 cm³/mol. The molecule has 0 bridgehead atoms. The van der Waals surface area contributed by atoms with Gasteiger partial charge in [0.05, 0.1) is 17.2 Å². The zero-order valence-corrected chi connectivity index (χ0v) is 26.2. The van der Waals surface area contributed by atoms with E-state index in [1.54, 1.807) is 42.7 Å². The van der Waals surface area contributed by atoms with E-state index in [1.807, 2.05) is 35.4 Å².